The molecule has 7 heteroatoms. The SMILES string of the molecule is CCCOc1ccc(/C=N/n2c(COc3ccccc3)n[nH]c2=S)cc1. The van der Waals surface area contributed by atoms with Crippen LogP contribution >= 0.6 is 12.2 Å². The summed E-state index contributed by atoms with van der Waals surface area (Å²) < 4.78 is 13.3. The molecule has 0 amide bonds. The van der Waals surface area contributed by atoms with Gasteiger partial charge in [-0.25, -0.2) is 5.10 Å². The molecule has 0 bridgehead atoms. The van der Waals surface area contributed by atoms with Crippen molar-refractivity contribution < 1.29 is 9.47 Å². The van der Waals surface area contributed by atoms with Crippen LogP contribution < -0.4 is 9.47 Å². The highest BCUT2D eigenvalue weighted by atomic mass is 32.1. The van der Waals surface area contributed by atoms with Crippen molar-refractivity contribution in [2.24, 2.45) is 5.10 Å². The van der Waals surface area contributed by atoms with Crippen molar-refractivity contribution in [2.45, 2.75) is 20.0 Å². The van der Waals surface area contributed by atoms with Gasteiger partial charge in [-0.3, -0.25) is 0 Å². The third-order valence-electron chi connectivity index (χ3n) is 3.50. The molecule has 0 spiro atoms. The summed E-state index contributed by atoms with van der Waals surface area (Å²) in [5, 5.41) is 11.3. The molecule has 2 aromatic carbocycles. The lowest BCUT2D eigenvalue weighted by Gasteiger charge is -2.05. The zero-order valence-corrected chi connectivity index (χ0v) is 15.3. The minimum absolute atomic E-state index is 0.262. The number of hydrogen-bond donors (Lipinski definition) is 1. The summed E-state index contributed by atoms with van der Waals surface area (Å²) in [7, 11) is 0. The Morgan fingerprint density at radius 2 is 1.81 bits per heavy atom. The van der Waals surface area contributed by atoms with E-state index in [0.29, 0.717) is 17.2 Å². The molecule has 6 nitrogen and oxygen atoms in total. The summed E-state index contributed by atoms with van der Waals surface area (Å²) in [4.78, 5) is 0. The maximum absolute atomic E-state index is 5.71. The number of aromatic amines is 1. The Morgan fingerprint density at radius 3 is 2.54 bits per heavy atom. The lowest BCUT2D eigenvalue weighted by Crippen LogP contribution is -2.04. The lowest BCUT2D eigenvalue weighted by atomic mass is 10.2. The Balaban J connectivity index is 1.68. The fraction of sp³-hybridized carbons (Fsp3) is 0.211. The van der Waals surface area contributed by atoms with Gasteiger partial charge in [-0.15, -0.1) is 0 Å². The number of nitrogens with one attached hydrogen (secondary N) is 1. The van der Waals surface area contributed by atoms with Crippen molar-refractivity contribution in [3.05, 3.63) is 70.8 Å². The first-order valence-corrected chi connectivity index (χ1v) is 8.78. The smallest absolute Gasteiger partial charge is 0.216 e. The van der Waals surface area contributed by atoms with E-state index in [2.05, 4.69) is 22.2 Å². The number of ether oxygens (including phenoxy) is 2. The van der Waals surface area contributed by atoms with Gasteiger partial charge >= 0.3 is 0 Å². The number of H-pyrrole nitrogens is 1. The molecule has 0 unspecified atom stereocenters. The molecule has 0 aliphatic rings. The van der Waals surface area contributed by atoms with E-state index in [-0.39, 0.29) is 6.61 Å². The zero-order chi connectivity index (χ0) is 18.2. The van der Waals surface area contributed by atoms with E-state index < -0.39 is 0 Å². The first kappa shape index (κ1) is 17.9. The Hall–Kier alpha value is -2.93. The molecule has 134 valence electrons. The Morgan fingerprint density at radius 1 is 1.08 bits per heavy atom. The Labute approximate surface area is 157 Å². The highest BCUT2D eigenvalue weighted by Crippen LogP contribution is 2.13. The summed E-state index contributed by atoms with van der Waals surface area (Å²) in [5.41, 5.74) is 0.937. The van der Waals surface area contributed by atoms with Crippen LogP contribution in [0.25, 0.3) is 0 Å². The van der Waals surface area contributed by atoms with Crippen molar-refractivity contribution in [3.8, 4) is 11.5 Å². The van der Waals surface area contributed by atoms with E-state index >= 15 is 0 Å². The number of para-hydroxylation sites is 1. The van der Waals surface area contributed by atoms with E-state index in [1.54, 1.807) is 10.9 Å². The second kappa shape index (κ2) is 8.96. The van der Waals surface area contributed by atoms with Crippen molar-refractivity contribution in [1.29, 1.82) is 0 Å². The van der Waals surface area contributed by atoms with Crippen molar-refractivity contribution >= 4 is 18.4 Å². The number of nitrogens with zero attached hydrogens (tertiary/aromatic N) is 3. The minimum Gasteiger partial charge on any atom is -0.494 e. The lowest BCUT2D eigenvalue weighted by molar-refractivity contribution is 0.290. The molecule has 0 radical (unpaired) electrons. The van der Waals surface area contributed by atoms with Gasteiger partial charge < -0.3 is 9.47 Å². The summed E-state index contributed by atoms with van der Waals surface area (Å²) >= 11 is 5.24. The second-order valence-electron chi connectivity index (χ2n) is 5.52. The molecule has 3 aromatic rings. The highest BCUT2D eigenvalue weighted by Gasteiger charge is 2.06. The fourth-order valence-corrected chi connectivity index (χ4v) is 2.39. The average molecular weight is 368 g/mol. The molecular formula is C19H20N4O2S. The summed E-state index contributed by atoms with van der Waals surface area (Å²) in [6, 6.07) is 17.3. The quantitative estimate of drug-likeness (QED) is 0.478. The van der Waals surface area contributed by atoms with Crippen LogP contribution in [0.1, 0.15) is 24.7 Å². The number of hydrogen-bond acceptors (Lipinski definition) is 5. The van der Waals surface area contributed by atoms with Crippen LogP contribution in [0.5, 0.6) is 11.5 Å². The van der Waals surface area contributed by atoms with E-state index in [1.807, 2.05) is 54.6 Å². The normalized spacial score (nSPS) is 11.0. The van der Waals surface area contributed by atoms with Gasteiger partial charge in [0.2, 0.25) is 4.77 Å². The maximum atomic E-state index is 5.71. The zero-order valence-electron chi connectivity index (χ0n) is 14.5. The summed E-state index contributed by atoms with van der Waals surface area (Å²) in [5.74, 6) is 2.21. The molecule has 0 fully saturated rings. The third kappa shape index (κ3) is 4.80. The topological polar surface area (TPSA) is 64.4 Å². The van der Waals surface area contributed by atoms with Crippen LogP contribution in [-0.2, 0) is 6.61 Å². The molecule has 0 saturated heterocycles. The molecule has 1 aromatic heterocycles. The van der Waals surface area contributed by atoms with Crippen LogP contribution in [0, 0.1) is 4.77 Å². The van der Waals surface area contributed by atoms with Crippen LogP contribution in [-0.4, -0.2) is 27.7 Å². The number of benzene rings is 2. The fourth-order valence-electron chi connectivity index (χ4n) is 2.20. The van der Waals surface area contributed by atoms with Crippen LogP contribution in [0.2, 0.25) is 0 Å². The molecule has 0 aliphatic carbocycles. The third-order valence-corrected chi connectivity index (χ3v) is 3.77. The minimum atomic E-state index is 0.262. The van der Waals surface area contributed by atoms with Gasteiger partial charge in [0.05, 0.1) is 12.8 Å². The molecule has 1 heterocycles. The molecule has 0 saturated carbocycles. The maximum Gasteiger partial charge on any atom is 0.216 e. The van der Waals surface area contributed by atoms with E-state index in [1.165, 1.54) is 0 Å². The first-order chi connectivity index (χ1) is 12.8. The summed E-state index contributed by atoms with van der Waals surface area (Å²) in [6.07, 6.45) is 2.71. The Kier molecular flexibility index (Phi) is 6.16. The predicted molar refractivity (Wildman–Crippen MR) is 103 cm³/mol. The van der Waals surface area contributed by atoms with E-state index in [9.17, 15) is 0 Å². The predicted octanol–water partition coefficient (Wildman–Crippen LogP) is 4.19. The number of aromatic nitrogens is 3. The molecule has 26 heavy (non-hydrogen) atoms. The van der Waals surface area contributed by atoms with Gasteiger partial charge in [-0.1, -0.05) is 25.1 Å². The standard InChI is InChI=1S/C19H20N4O2S/c1-2-12-24-17-10-8-15(9-11-17)13-20-23-18(21-22-19(23)26)14-25-16-6-4-3-5-7-16/h3-11,13H,2,12,14H2,1H3,(H,22,26)/b20-13+. The van der Waals surface area contributed by atoms with Crippen LogP contribution in [0.3, 0.4) is 0 Å². The van der Waals surface area contributed by atoms with Gasteiger partial charge in [0, 0.05) is 0 Å². The first-order valence-electron chi connectivity index (χ1n) is 8.37. The van der Waals surface area contributed by atoms with E-state index in [0.717, 1.165) is 23.5 Å². The molecule has 0 atom stereocenters. The Bertz CT molecular complexity index is 901. The molecule has 3 rings (SSSR count). The molecule has 0 aliphatic heterocycles. The number of rotatable bonds is 8. The summed E-state index contributed by atoms with van der Waals surface area (Å²) in [6.45, 7) is 3.05. The van der Waals surface area contributed by atoms with Crippen LogP contribution in [0.4, 0.5) is 0 Å². The second-order valence-corrected chi connectivity index (χ2v) is 5.91. The molecular weight excluding hydrogens is 348 g/mol. The van der Waals surface area contributed by atoms with Gasteiger partial charge in [0.25, 0.3) is 0 Å². The van der Waals surface area contributed by atoms with Gasteiger partial charge in [0.1, 0.15) is 18.1 Å². The van der Waals surface area contributed by atoms with Crippen molar-refractivity contribution in [3.63, 3.8) is 0 Å². The van der Waals surface area contributed by atoms with Gasteiger partial charge in [-0.2, -0.15) is 14.9 Å². The molecule has 1 N–H and O–H groups in total. The van der Waals surface area contributed by atoms with Crippen LogP contribution in [0.15, 0.2) is 59.7 Å². The van der Waals surface area contributed by atoms with Crippen molar-refractivity contribution in [2.75, 3.05) is 6.61 Å². The highest BCUT2D eigenvalue weighted by molar-refractivity contribution is 7.71. The van der Waals surface area contributed by atoms with Gasteiger partial charge in [0.15, 0.2) is 5.82 Å². The largest absolute Gasteiger partial charge is 0.494 e. The van der Waals surface area contributed by atoms with Crippen molar-refractivity contribution in [1.82, 2.24) is 14.9 Å². The average Bonchev–Trinajstić information content (AvgIpc) is 3.04. The van der Waals surface area contributed by atoms with E-state index in [4.69, 9.17) is 21.7 Å². The van der Waals surface area contributed by atoms with Gasteiger partial charge in [-0.05, 0) is 60.6 Å². The monoisotopic (exact) mass is 368 g/mol.